The van der Waals surface area contributed by atoms with Crippen molar-refractivity contribution in [3.8, 4) is 11.1 Å². The van der Waals surface area contributed by atoms with E-state index in [0.717, 1.165) is 22.5 Å². The van der Waals surface area contributed by atoms with Gasteiger partial charge in [-0.15, -0.1) is 0 Å². The Labute approximate surface area is 115 Å². The monoisotopic (exact) mass is 268 g/mol. The SMILES string of the molecule is Nc1ccc(Nc2ncc(-c3ccsc3)cn2)cc1. The first kappa shape index (κ1) is 11.7. The van der Waals surface area contributed by atoms with Crippen LogP contribution in [0.25, 0.3) is 11.1 Å². The second-order valence-corrected chi connectivity index (χ2v) is 4.83. The molecule has 0 saturated heterocycles. The van der Waals surface area contributed by atoms with Crippen LogP contribution >= 0.6 is 11.3 Å². The summed E-state index contributed by atoms with van der Waals surface area (Å²) in [5.41, 5.74) is 9.45. The van der Waals surface area contributed by atoms with E-state index in [9.17, 15) is 0 Å². The normalized spacial score (nSPS) is 10.3. The number of rotatable bonds is 3. The fourth-order valence-electron chi connectivity index (χ4n) is 1.67. The highest BCUT2D eigenvalue weighted by molar-refractivity contribution is 7.08. The van der Waals surface area contributed by atoms with Gasteiger partial charge in [-0.25, -0.2) is 9.97 Å². The number of nitrogens with two attached hydrogens (primary N) is 1. The molecule has 2 aromatic heterocycles. The Bertz CT molecular complexity index is 645. The summed E-state index contributed by atoms with van der Waals surface area (Å²) >= 11 is 1.66. The predicted molar refractivity (Wildman–Crippen MR) is 79.5 cm³/mol. The van der Waals surface area contributed by atoms with Crippen LogP contribution in [0, 0.1) is 0 Å². The summed E-state index contributed by atoms with van der Waals surface area (Å²) in [5, 5.41) is 7.24. The molecule has 3 N–H and O–H groups in total. The average Bonchev–Trinajstić information content (AvgIpc) is 2.96. The Morgan fingerprint density at radius 3 is 2.32 bits per heavy atom. The van der Waals surface area contributed by atoms with Crippen LogP contribution in [0.15, 0.2) is 53.5 Å². The summed E-state index contributed by atoms with van der Waals surface area (Å²) in [5.74, 6) is 0.573. The molecule has 0 spiro atoms. The maximum atomic E-state index is 5.64. The lowest BCUT2D eigenvalue weighted by atomic mass is 10.2. The van der Waals surface area contributed by atoms with Gasteiger partial charge in [0.25, 0.3) is 0 Å². The van der Waals surface area contributed by atoms with E-state index in [4.69, 9.17) is 5.73 Å². The second kappa shape index (κ2) is 5.07. The first-order valence-electron chi connectivity index (χ1n) is 5.78. The van der Waals surface area contributed by atoms with Crippen molar-refractivity contribution < 1.29 is 0 Å². The topological polar surface area (TPSA) is 63.8 Å². The van der Waals surface area contributed by atoms with E-state index in [1.54, 1.807) is 11.3 Å². The number of thiophene rings is 1. The minimum atomic E-state index is 0.573. The highest BCUT2D eigenvalue weighted by atomic mass is 32.1. The second-order valence-electron chi connectivity index (χ2n) is 4.05. The molecule has 2 heterocycles. The molecule has 0 aliphatic heterocycles. The molecular formula is C14H12N4S. The first-order chi connectivity index (χ1) is 9.31. The number of nitrogens with zero attached hydrogens (tertiary/aromatic N) is 2. The quantitative estimate of drug-likeness (QED) is 0.713. The van der Waals surface area contributed by atoms with Crippen LogP contribution in [0.1, 0.15) is 0 Å². The van der Waals surface area contributed by atoms with Gasteiger partial charge in [-0.05, 0) is 46.7 Å². The van der Waals surface area contributed by atoms with Crippen molar-refractivity contribution >= 4 is 28.7 Å². The van der Waals surface area contributed by atoms with Crippen molar-refractivity contribution in [3.63, 3.8) is 0 Å². The third-order valence-corrected chi connectivity index (χ3v) is 3.36. The van der Waals surface area contributed by atoms with Crippen molar-refractivity contribution in [2.45, 2.75) is 0 Å². The molecule has 19 heavy (non-hydrogen) atoms. The van der Waals surface area contributed by atoms with E-state index in [1.807, 2.05) is 42.0 Å². The molecular weight excluding hydrogens is 256 g/mol. The maximum absolute atomic E-state index is 5.64. The molecule has 94 valence electrons. The minimum Gasteiger partial charge on any atom is -0.399 e. The molecule has 0 aliphatic carbocycles. The molecule has 0 fully saturated rings. The molecule has 3 rings (SSSR count). The number of nitrogen functional groups attached to an aromatic ring is 1. The zero-order valence-corrected chi connectivity index (χ0v) is 10.9. The summed E-state index contributed by atoms with van der Waals surface area (Å²) in [6, 6.07) is 9.51. The molecule has 0 radical (unpaired) electrons. The Morgan fingerprint density at radius 1 is 0.947 bits per heavy atom. The van der Waals surface area contributed by atoms with Gasteiger partial charge in [-0.2, -0.15) is 11.3 Å². The fourth-order valence-corrected chi connectivity index (χ4v) is 2.33. The molecule has 0 atom stereocenters. The van der Waals surface area contributed by atoms with Gasteiger partial charge < -0.3 is 11.1 Å². The van der Waals surface area contributed by atoms with Crippen LogP contribution < -0.4 is 11.1 Å². The van der Waals surface area contributed by atoms with E-state index in [0.29, 0.717) is 5.95 Å². The minimum absolute atomic E-state index is 0.573. The van der Waals surface area contributed by atoms with Crippen LogP contribution in [0.2, 0.25) is 0 Å². The van der Waals surface area contributed by atoms with Crippen LogP contribution in [0.5, 0.6) is 0 Å². The van der Waals surface area contributed by atoms with Crippen molar-refractivity contribution in [2.24, 2.45) is 0 Å². The summed E-state index contributed by atoms with van der Waals surface area (Å²) < 4.78 is 0. The van der Waals surface area contributed by atoms with Crippen molar-refractivity contribution in [1.29, 1.82) is 0 Å². The third kappa shape index (κ3) is 2.71. The smallest absolute Gasteiger partial charge is 0.227 e. The fraction of sp³-hybridized carbons (Fsp3) is 0. The largest absolute Gasteiger partial charge is 0.399 e. The Kier molecular flexibility index (Phi) is 3.12. The first-order valence-corrected chi connectivity index (χ1v) is 6.73. The van der Waals surface area contributed by atoms with Crippen molar-refractivity contribution in [1.82, 2.24) is 9.97 Å². The lowest BCUT2D eigenvalue weighted by Crippen LogP contribution is -1.96. The molecule has 0 amide bonds. The molecule has 0 aliphatic rings. The van der Waals surface area contributed by atoms with Crippen LogP contribution in [0.4, 0.5) is 17.3 Å². The Morgan fingerprint density at radius 2 is 1.68 bits per heavy atom. The lowest BCUT2D eigenvalue weighted by molar-refractivity contribution is 1.17. The Hall–Kier alpha value is -2.40. The molecule has 0 unspecified atom stereocenters. The molecule has 3 aromatic rings. The molecule has 0 saturated carbocycles. The number of hydrogen-bond acceptors (Lipinski definition) is 5. The molecule has 4 nitrogen and oxygen atoms in total. The standard InChI is InChI=1S/C14H12N4S/c15-12-1-3-13(4-2-12)18-14-16-7-11(8-17-14)10-5-6-19-9-10/h1-9H,15H2,(H,16,17,18). The summed E-state index contributed by atoms with van der Waals surface area (Å²) in [6.45, 7) is 0. The zero-order valence-electron chi connectivity index (χ0n) is 10.1. The number of aromatic nitrogens is 2. The van der Waals surface area contributed by atoms with Gasteiger partial charge in [-0.3, -0.25) is 0 Å². The molecule has 5 heteroatoms. The van der Waals surface area contributed by atoms with Gasteiger partial charge in [0.15, 0.2) is 0 Å². The Balaban J connectivity index is 1.77. The van der Waals surface area contributed by atoms with E-state index >= 15 is 0 Å². The highest BCUT2D eigenvalue weighted by Crippen LogP contribution is 2.21. The van der Waals surface area contributed by atoms with E-state index in [1.165, 1.54) is 0 Å². The number of anilines is 3. The van der Waals surface area contributed by atoms with Crippen LogP contribution in [-0.2, 0) is 0 Å². The highest BCUT2D eigenvalue weighted by Gasteiger charge is 2.01. The van der Waals surface area contributed by atoms with E-state index < -0.39 is 0 Å². The summed E-state index contributed by atoms with van der Waals surface area (Å²) in [6.07, 6.45) is 3.63. The van der Waals surface area contributed by atoms with E-state index in [2.05, 4.69) is 26.7 Å². The average molecular weight is 268 g/mol. The van der Waals surface area contributed by atoms with Gasteiger partial charge >= 0.3 is 0 Å². The van der Waals surface area contributed by atoms with Crippen molar-refractivity contribution in [2.75, 3.05) is 11.1 Å². The lowest BCUT2D eigenvalue weighted by Gasteiger charge is -2.05. The third-order valence-electron chi connectivity index (χ3n) is 2.67. The number of hydrogen-bond donors (Lipinski definition) is 2. The van der Waals surface area contributed by atoms with E-state index in [-0.39, 0.29) is 0 Å². The predicted octanol–water partition coefficient (Wildman–Crippen LogP) is 3.53. The summed E-state index contributed by atoms with van der Waals surface area (Å²) in [7, 11) is 0. The molecule has 0 bridgehead atoms. The number of nitrogens with one attached hydrogen (secondary N) is 1. The number of benzene rings is 1. The van der Waals surface area contributed by atoms with Gasteiger partial charge in [0.2, 0.25) is 5.95 Å². The van der Waals surface area contributed by atoms with Crippen LogP contribution in [0.3, 0.4) is 0 Å². The van der Waals surface area contributed by atoms with Gasteiger partial charge in [0.05, 0.1) is 0 Å². The van der Waals surface area contributed by atoms with Gasteiger partial charge in [-0.1, -0.05) is 0 Å². The van der Waals surface area contributed by atoms with Gasteiger partial charge in [0.1, 0.15) is 0 Å². The van der Waals surface area contributed by atoms with Gasteiger partial charge in [0, 0.05) is 29.3 Å². The molecule has 1 aromatic carbocycles. The maximum Gasteiger partial charge on any atom is 0.227 e. The zero-order chi connectivity index (χ0) is 13.1. The summed E-state index contributed by atoms with van der Waals surface area (Å²) in [4.78, 5) is 8.61. The van der Waals surface area contributed by atoms with Crippen molar-refractivity contribution in [3.05, 3.63) is 53.5 Å². The van der Waals surface area contributed by atoms with Crippen LogP contribution in [-0.4, -0.2) is 9.97 Å².